The van der Waals surface area contributed by atoms with Gasteiger partial charge in [0.2, 0.25) is 0 Å². The predicted molar refractivity (Wildman–Crippen MR) is 82.7 cm³/mol. The van der Waals surface area contributed by atoms with Crippen LogP contribution in [0.1, 0.15) is 44.0 Å². The van der Waals surface area contributed by atoms with Crippen molar-refractivity contribution in [2.75, 3.05) is 0 Å². The maximum absolute atomic E-state index is 12.4. The van der Waals surface area contributed by atoms with Gasteiger partial charge < -0.3 is 5.32 Å². The molecular formula is C17H22N2O. The number of hydrogen-bond acceptors (Lipinski definition) is 2. The molecule has 1 aromatic heterocycles. The SMILES string of the molecule is CC(C)CCC(C)NC(=O)c1cccc2ncccc12. The third kappa shape index (κ3) is 3.56. The summed E-state index contributed by atoms with van der Waals surface area (Å²) >= 11 is 0. The van der Waals surface area contributed by atoms with Gasteiger partial charge in [-0.3, -0.25) is 9.78 Å². The van der Waals surface area contributed by atoms with Crippen LogP contribution in [-0.4, -0.2) is 16.9 Å². The Morgan fingerprint density at radius 1 is 1.15 bits per heavy atom. The molecule has 0 aliphatic carbocycles. The molecule has 3 heteroatoms. The zero-order chi connectivity index (χ0) is 14.5. The summed E-state index contributed by atoms with van der Waals surface area (Å²) in [6, 6.07) is 9.65. The van der Waals surface area contributed by atoms with Crippen LogP contribution < -0.4 is 5.32 Å². The number of rotatable bonds is 5. The van der Waals surface area contributed by atoms with Gasteiger partial charge in [-0.2, -0.15) is 0 Å². The molecule has 20 heavy (non-hydrogen) atoms. The molecule has 3 nitrogen and oxygen atoms in total. The fraction of sp³-hybridized carbons (Fsp3) is 0.412. The van der Waals surface area contributed by atoms with Gasteiger partial charge in [0.1, 0.15) is 0 Å². The summed E-state index contributed by atoms with van der Waals surface area (Å²) in [5, 5.41) is 3.98. The summed E-state index contributed by atoms with van der Waals surface area (Å²) in [5.41, 5.74) is 1.56. The van der Waals surface area contributed by atoms with Gasteiger partial charge in [-0.1, -0.05) is 26.0 Å². The molecule has 0 radical (unpaired) electrons. The van der Waals surface area contributed by atoms with Gasteiger partial charge in [0.05, 0.1) is 5.52 Å². The van der Waals surface area contributed by atoms with E-state index >= 15 is 0 Å². The molecule has 1 N–H and O–H groups in total. The molecule has 0 aliphatic heterocycles. The highest BCUT2D eigenvalue weighted by Crippen LogP contribution is 2.16. The topological polar surface area (TPSA) is 42.0 Å². The number of pyridine rings is 1. The van der Waals surface area contributed by atoms with Crippen molar-refractivity contribution in [3.05, 3.63) is 42.1 Å². The fourth-order valence-corrected chi connectivity index (χ4v) is 2.26. The second-order valence-electron chi connectivity index (χ2n) is 5.72. The first-order chi connectivity index (χ1) is 9.58. The van der Waals surface area contributed by atoms with Crippen LogP contribution in [0.5, 0.6) is 0 Å². The van der Waals surface area contributed by atoms with E-state index in [1.54, 1.807) is 6.20 Å². The van der Waals surface area contributed by atoms with E-state index in [0.717, 1.165) is 23.7 Å². The number of benzene rings is 1. The van der Waals surface area contributed by atoms with Gasteiger partial charge in [-0.25, -0.2) is 0 Å². The number of carbonyl (C=O) groups is 1. The van der Waals surface area contributed by atoms with Gasteiger partial charge >= 0.3 is 0 Å². The van der Waals surface area contributed by atoms with Crippen LogP contribution >= 0.6 is 0 Å². The maximum atomic E-state index is 12.4. The van der Waals surface area contributed by atoms with Crippen LogP contribution in [0.3, 0.4) is 0 Å². The number of carbonyl (C=O) groups excluding carboxylic acids is 1. The first kappa shape index (κ1) is 14.5. The van der Waals surface area contributed by atoms with E-state index in [-0.39, 0.29) is 11.9 Å². The van der Waals surface area contributed by atoms with Crippen LogP contribution in [0, 0.1) is 5.92 Å². The number of nitrogens with one attached hydrogen (secondary N) is 1. The van der Waals surface area contributed by atoms with E-state index in [1.807, 2.05) is 30.3 Å². The maximum Gasteiger partial charge on any atom is 0.252 e. The van der Waals surface area contributed by atoms with E-state index in [9.17, 15) is 4.79 Å². The second-order valence-corrected chi connectivity index (χ2v) is 5.72. The number of aromatic nitrogens is 1. The minimum atomic E-state index is -0.0140. The highest BCUT2D eigenvalue weighted by molar-refractivity contribution is 6.06. The van der Waals surface area contributed by atoms with E-state index in [4.69, 9.17) is 0 Å². The van der Waals surface area contributed by atoms with Gasteiger partial charge in [0.25, 0.3) is 5.91 Å². The Morgan fingerprint density at radius 2 is 1.95 bits per heavy atom. The van der Waals surface area contributed by atoms with Crippen molar-refractivity contribution in [1.29, 1.82) is 0 Å². The lowest BCUT2D eigenvalue weighted by atomic mass is 10.0. The summed E-state index contributed by atoms with van der Waals surface area (Å²) in [4.78, 5) is 16.7. The van der Waals surface area contributed by atoms with Crippen LogP contribution in [0.2, 0.25) is 0 Å². The minimum Gasteiger partial charge on any atom is -0.350 e. The number of fused-ring (bicyclic) bond motifs is 1. The molecule has 0 saturated carbocycles. The Bertz CT molecular complexity index is 587. The standard InChI is InChI=1S/C17H22N2O/c1-12(2)9-10-13(3)19-17(20)15-6-4-8-16-14(15)7-5-11-18-16/h4-8,11-13H,9-10H2,1-3H3,(H,19,20). The molecule has 0 fully saturated rings. The molecule has 2 rings (SSSR count). The molecule has 2 aromatic rings. The molecule has 0 saturated heterocycles. The molecule has 0 bridgehead atoms. The average Bonchev–Trinajstić information content (AvgIpc) is 2.44. The predicted octanol–water partition coefficient (Wildman–Crippen LogP) is 3.79. The zero-order valence-electron chi connectivity index (χ0n) is 12.4. The van der Waals surface area contributed by atoms with Crippen molar-refractivity contribution in [3.8, 4) is 0 Å². The van der Waals surface area contributed by atoms with Crippen LogP contribution in [-0.2, 0) is 0 Å². The summed E-state index contributed by atoms with van der Waals surface area (Å²) < 4.78 is 0. The Labute approximate surface area is 120 Å². The number of amides is 1. The minimum absolute atomic E-state index is 0.0140. The molecule has 1 aromatic carbocycles. The number of hydrogen-bond donors (Lipinski definition) is 1. The molecule has 0 aliphatic rings. The Kier molecular flexibility index (Phi) is 4.72. The monoisotopic (exact) mass is 270 g/mol. The van der Waals surface area contributed by atoms with Gasteiger partial charge in [0, 0.05) is 23.2 Å². The van der Waals surface area contributed by atoms with Gasteiger partial charge in [-0.15, -0.1) is 0 Å². The lowest BCUT2D eigenvalue weighted by molar-refractivity contribution is 0.0939. The van der Waals surface area contributed by atoms with Crippen molar-refractivity contribution in [2.45, 2.75) is 39.7 Å². The van der Waals surface area contributed by atoms with Gasteiger partial charge in [0.15, 0.2) is 0 Å². The smallest absolute Gasteiger partial charge is 0.252 e. The molecule has 1 heterocycles. The average molecular weight is 270 g/mol. The lowest BCUT2D eigenvalue weighted by Crippen LogP contribution is -2.32. The summed E-state index contributed by atoms with van der Waals surface area (Å²) in [6.07, 6.45) is 3.88. The van der Waals surface area contributed by atoms with Crippen molar-refractivity contribution in [2.24, 2.45) is 5.92 Å². The molecule has 106 valence electrons. The van der Waals surface area contributed by atoms with E-state index in [2.05, 4.69) is 31.1 Å². The quantitative estimate of drug-likeness (QED) is 0.898. The first-order valence-corrected chi connectivity index (χ1v) is 7.22. The van der Waals surface area contributed by atoms with Crippen LogP contribution in [0.4, 0.5) is 0 Å². The van der Waals surface area contributed by atoms with Gasteiger partial charge in [-0.05, 0) is 43.9 Å². The fourth-order valence-electron chi connectivity index (χ4n) is 2.26. The second kappa shape index (κ2) is 6.51. The van der Waals surface area contributed by atoms with E-state index in [1.165, 1.54) is 0 Å². The molecular weight excluding hydrogens is 248 g/mol. The first-order valence-electron chi connectivity index (χ1n) is 7.22. The highest BCUT2D eigenvalue weighted by atomic mass is 16.1. The summed E-state index contributed by atoms with van der Waals surface area (Å²) in [7, 11) is 0. The highest BCUT2D eigenvalue weighted by Gasteiger charge is 2.13. The molecule has 1 atom stereocenters. The largest absolute Gasteiger partial charge is 0.350 e. The van der Waals surface area contributed by atoms with Crippen molar-refractivity contribution >= 4 is 16.8 Å². The summed E-state index contributed by atoms with van der Waals surface area (Å²) in [6.45, 7) is 6.46. The Balaban J connectivity index is 2.11. The van der Waals surface area contributed by atoms with Crippen LogP contribution in [0.15, 0.2) is 36.5 Å². The summed E-state index contributed by atoms with van der Waals surface area (Å²) in [5.74, 6) is 0.649. The molecule has 0 spiro atoms. The Hall–Kier alpha value is -1.90. The third-order valence-corrected chi connectivity index (χ3v) is 3.44. The lowest BCUT2D eigenvalue weighted by Gasteiger charge is -2.15. The van der Waals surface area contributed by atoms with Crippen LogP contribution in [0.25, 0.3) is 10.9 Å². The Morgan fingerprint density at radius 3 is 2.70 bits per heavy atom. The van der Waals surface area contributed by atoms with Crippen molar-refractivity contribution < 1.29 is 4.79 Å². The van der Waals surface area contributed by atoms with E-state index in [0.29, 0.717) is 11.5 Å². The van der Waals surface area contributed by atoms with E-state index < -0.39 is 0 Å². The van der Waals surface area contributed by atoms with Crippen molar-refractivity contribution in [1.82, 2.24) is 10.3 Å². The third-order valence-electron chi connectivity index (χ3n) is 3.44. The van der Waals surface area contributed by atoms with Crippen molar-refractivity contribution in [3.63, 3.8) is 0 Å². The molecule has 1 unspecified atom stereocenters. The normalized spacial score (nSPS) is 12.6. The molecule has 1 amide bonds. The zero-order valence-corrected chi connectivity index (χ0v) is 12.4. The number of nitrogens with zero attached hydrogens (tertiary/aromatic N) is 1.